The minimum Gasteiger partial charge on any atom is -0.507 e. The third-order valence-corrected chi connectivity index (χ3v) is 10.0. The van der Waals surface area contributed by atoms with Crippen molar-refractivity contribution in [3.8, 4) is 17.2 Å². The summed E-state index contributed by atoms with van der Waals surface area (Å²) in [5.41, 5.74) is 2.77. The van der Waals surface area contributed by atoms with Crippen molar-refractivity contribution in [3.05, 3.63) is 93.5 Å². The molecule has 1 aromatic heterocycles. The molecule has 1 amide bonds. The first kappa shape index (κ1) is 31.9. The average Bonchev–Trinajstić information content (AvgIpc) is 3.74. The number of carbonyl (C=O) groups is 2. The predicted molar refractivity (Wildman–Crippen MR) is 179 cm³/mol. The van der Waals surface area contributed by atoms with Gasteiger partial charge in [0.15, 0.2) is 15.8 Å². The molecule has 2 atom stereocenters. The highest BCUT2D eigenvalue weighted by atomic mass is 35.5. The third kappa shape index (κ3) is 6.31. The first-order chi connectivity index (χ1) is 22.3. The minimum atomic E-state index is -1.00. The predicted octanol–water partition coefficient (Wildman–Crippen LogP) is 7.62. The zero-order chi connectivity index (χ0) is 32.4. The Bertz CT molecular complexity index is 1830. The largest absolute Gasteiger partial charge is 0.507 e. The van der Waals surface area contributed by atoms with Gasteiger partial charge in [-0.25, -0.2) is 0 Å². The van der Waals surface area contributed by atoms with E-state index in [2.05, 4.69) is 10.2 Å². The molecule has 3 heterocycles. The van der Waals surface area contributed by atoms with Crippen LogP contribution in [-0.4, -0.2) is 46.3 Å². The number of ketones is 1. The number of amides is 1. The van der Waals surface area contributed by atoms with Gasteiger partial charge in [0.05, 0.1) is 24.8 Å². The van der Waals surface area contributed by atoms with E-state index in [0.717, 1.165) is 23.3 Å². The SMILES string of the molecule is CCCOc1ccc([C@@H]2C(=C(O)c3ccc4c(c3)C[C@@H](C)O4)C(=O)C(=O)N2c2nnc(SCc3ccccc3Cl)s2)cc1OCC. The van der Waals surface area contributed by atoms with E-state index < -0.39 is 17.7 Å². The highest BCUT2D eigenvalue weighted by Gasteiger charge is 2.48. The number of thioether (sulfide) groups is 1. The van der Waals surface area contributed by atoms with E-state index >= 15 is 0 Å². The fourth-order valence-corrected chi connectivity index (χ4v) is 7.63. The summed E-state index contributed by atoms with van der Waals surface area (Å²) in [5.74, 6) is 0.386. The Kier molecular flexibility index (Phi) is 9.53. The number of aliphatic hydroxyl groups is 1. The van der Waals surface area contributed by atoms with Gasteiger partial charge in [0.2, 0.25) is 5.13 Å². The molecule has 2 aliphatic heterocycles. The number of rotatable bonds is 11. The molecule has 0 spiro atoms. The van der Waals surface area contributed by atoms with Crippen LogP contribution in [-0.2, 0) is 21.8 Å². The van der Waals surface area contributed by atoms with Crippen LogP contribution in [0.5, 0.6) is 17.2 Å². The van der Waals surface area contributed by atoms with Crippen LogP contribution in [0.3, 0.4) is 0 Å². The molecule has 1 saturated heterocycles. The fraction of sp³-hybridized carbons (Fsp3) is 0.294. The molecular formula is C34H32ClN3O6S2. The number of hydrogen-bond acceptors (Lipinski definition) is 10. The van der Waals surface area contributed by atoms with Gasteiger partial charge in [-0.15, -0.1) is 10.2 Å². The smallest absolute Gasteiger partial charge is 0.301 e. The number of Topliss-reactive ketones (excluding diaryl/α,β-unsaturated/α-hetero) is 1. The maximum atomic E-state index is 13.8. The van der Waals surface area contributed by atoms with Crippen molar-refractivity contribution in [2.45, 2.75) is 55.9 Å². The van der Waals surface area contributed by atoms with Crippen molar-refractivity contribution in [2.75, 3.05) is 18.1 Å². The van der Waals surface area contributed by atoms with Crippen molar-refractivity contribution in [2.24, 2.45) is 0 Å². The maximum Gasteiger partial charge on any atom is 0.301 e. The molecule has 12 heteroatoms. The van der Waals surface area contributed by atoms with Gasteiger partial charge >= 0.3 is 5.91 Å². The lowest BCUT2D eigenvalue weighted by Gasteiger charge is -2.23. The van der Waals surface area contributed by atoms with Crippen LogP contribution >= 0.6 is 34.7 Å². The van der Waals surface area contributed by atoms with E-state index in [0.29, 0.717) is 57.4 Å². The summed E-state index contributed by atoms with van der Waals surface area (Å²) in [6.45, 7) is 6.72. The van der Waals surface area contributed by atoms with Crippen molar-refractivity contribution < 1.29 is 28.9 Å². The number of ether oxygens (including phenoxy) is 3. The second kappa shape index (κ2) is 13.7. The van der Waals surface area contributed by atoms with Crippen LogP contribution in [0.2, 0.25) is 5.02 Å². The number of anilines is 1. The number of nitrogens with zero attached hydrogens (tertiary/aromatic N) is 3. The second-order valence-electron chi connectivity index (χ2n) is 10.8. The normalized spacial score (nSPS) is 18.5. The quantitative estimate of drug-likeness (QED) is 0.0563. The van der Waals surface area contributed by atoms with E-state index in [4.69, 9.17) is 25.8 Å². The molecule has 46 heavy (non-hydrogen) atoms. The number of aliphatic hydroxyl groups excluding tert-OH is 1. The van der Waals surface area contributed by atoms with Gasteiger partial charge in [0.25, 0.3) is 5.78 Å². The molecule has 4 aromatic rings. The molecule has 2 aliphatic rings. The summed E-state index contributed by atoms with van der Waals surface area (Å²) in [5, 5.41) is 21.2. The van der Waals surface area contributed by atoms with Crippen LogP contribution in [0, 0.1) is 0 Å². The third-order valence-electron chi connectivity index (χ3n) is 7.57. The standard InChI is InChI=1S/C34H32ClN3O6S2/c1-4-14-43-26-13-10-20(17-27(26)42-5-2)29-28(30(39)21-11-12-25-23(16-21)15-19(3)44-25)31(40)32(41)38(29)33-36-37-34(46-33)45-18-22-8-6-7-9-24(22)35/h6-13,16-17,19,29,39H,4-5,14-15,18H2,1-3H3/t19-,29-/m1/s1. The molecule has 0 bridgehead atoms. The van der Waals surface area contributed by atoms with Gasteiger partial charge in [0.1, 0.15) is 17.6 Å². The number of fused-ring (bicyclic) bond motifs is 1. The molecule has 3 aromatic carbocycles. The highest BCUT2D eigenvalue weighted by Crippen LogP contribution is 2.46. The van der Waals surface area contributed by atoms with Crippen molar-refractivity contribution in [1.82, 2.24) is 10.2 Å². The van der Waals surface area contributed by atoms with E-state index in [1.165, 1.54) is 28.0 Å². The maximum absolute atomic E-state index is 13.8. The van der Waals surface area contributed by atoms with E-state index in [1.54, 1.807) is 36.4 Å². The molecule has 0 aliphatic carbocycles. The molecule has 1 N–H and O–H groups in total. The van der Waals surface area contributed by atoms with Crippen molar-refractivity contribution >= 4 is 57.3 Å². The van der Waals surface area contributed by atoms with E-state index in [-0.39, 0.29) is 22.6 Å². The number of halogens is 1. The average molecular weight is 678 g/mol. The van der Waals surface area contributed by atoms with E-state index in [9.17, 15) is 14.7 Å². The van der Waals surface area contributed by atoms with Gasteiger partial charge in [-0.2, -0.15) is 0 Å². The van der Waals surface area contributed by atoms with Crippen LogP contribution < -0.4 is 19.1 Å². The minimum absolute atomic E-state index is 0.00536. The summed E-state index contributed by atoms with van der Waals surface area (Å²) in [6, 6.07) is 17.1. The second-order valence-corrected chi connectivity index (χ2v) is 13.4. The zero-order valence-corrected chi connectivity index (χ0v) is 27.9. The number of benzene rings is 3. The molecule has 6 rings (SSSR count). The Labute approximate surface area is 280 Å². The van der Waals surface area contributed by atoms with Gasteiger partial charge in [-0.3, -0.25) is 14.5 Å². The van der Waals surface area contributed by atoms with E-state index in [1.807, 2.05) is 45.0 Å². The van der Waals surface area contributed by atoms with Crippen LogP contribution in [0.15, 0.2) is 70.6 Å². The number of hydrogen-bond donors (Lipinski definition) is 1. The monoisotopic (exact) mass is 677 g/mol. The Morgan fingerprint density at radius 2 is 1.91 bits per heavy atom. The molecular weight excluding hydrogens is 646 g/mol. The highest BCUT2D eigenvalue weighted by molar-refractivity contribution is 8.00. The number of carbonyl (C=O) groups excluding carboxylic acids is 2. The van der Waals surface area contributed by atoms with Crippen molar-refractivity contribution in [3.63, 3.8) is 0 Å². The topological polar surface area (TPSA) is 111 Å². The molecule has 238 valence electrons. The lowest BCUT2D eigenvalue weighted by molar-refractivity contribution is -0.132. The Hall–Kier alpha value is -4.06. The molecule has 0 saturated carbocycles. The van der Waals surface area contributed by atoms with Crippen molar-refractivity contribution in [1.29, 1.82) is 0 Å². The molecule has 9 nitrogen and oxygen atoms in total. The summed E-state index contributed by atoms with van der Waals surface area (Å²) in [7, 11) is 0. The number of aromatic nitrogens is 2. The van der Waals surface area contributed by atoms with Crippen LogP contribution in [0.1, 0.15) is 55.5 Å². The first-order valence-corrected chi connectivity index (χ1v) is 17.2. The Morgan fingerprint density at radius 1 is 1.09 bits per heavy atom. The Morgan fingerprint density at radius 3 is 2.70 bits per heavy atom. The Balaban J connectivity index is 1.43. The summed E-state index contributed by atoms with van der Waals surface area (Å²) >= 11 is 8.96. The summed E-state index contributed by atoms with van der Waals surface area (Å²) in [4.78, 5) is 28.9. The van der Waals surface area contributed by atoms with Crippen LogP contribution in [0.25, 0.3) is 5.76 Å². The fourth-order valence-electron chi connectivity index (χ4n) is 5.48. The lowest BCUT2D eigenvalue weighted by atomic mass is 9.94. The first-order valence-electron chi connectivity index (χ1n) is 15.0. The zero-order valence-electron chi connectivity index (χ0n) is 25.5. The lowest BCUT2D eigenvalue weighted by Crippen LogP contribution is -2.29. The summed E-state index contributed by atoms with van der Waals surface area (Å²) < 4.78 is 18.2. The molecule has 0 radical (unpaired) electrons. The van der Waals surface area contributed by atoms with Crippen LogP contribution in [0.4, 0.5) is 5.13 Å². The van der Waals surface area contributed by atoms with Gasteiger partial charge in [-0.05, 0) is 73.4 Å². The van der Waals surface area contributed by atoms with Gasteiger partial charge < -0.3 is 19.3 Å². The summed E-state index contributed by atoms with van der Waals surface area (Å²) in [6.07, 6.45) is 1.49. The van der Waals surface area contributed by atoms with Gasteiger partial charge in [-0.1, -0.05) is 65.9 Å². The van der Waals surface area contributed by atoms with Gasteiger partial charge in [0, 0.05) is 22.8 Å². The molecule has 1 fully saturated rings. The molecule has 0 unspecified atom stereocenters.